The monoisotopic (exact) mass is 238 g/mol. The molecular weight excluding hydrogens is 234 g/mol. The first-order valence-electron chi connectivity index (χ1n) is 2.83. The summed E-state index contributed by atoms with van der Waals surface area (Å²) < 4.78 is 18.1. The molecule has 0 radical (unpaired) electrons. The van der Waals surface area contributed by atoms with Crippen LogP contribution in [0, 0.1) is 5.82 Å². The predicted molar refractivity (Wildman–Crippen MR) is 45.7 cm³/mol. The van der Waals surface area contributed by atoms with Crippen LogP contribution in [0.1, 0.15) is 0 Å². The second-order valence-corrected chi connectivity index (χ2v) is 3.16. The van der Waals surface area contributed by atoms with Crippen molar-refractivity contribution in [3.8, 4) is 5.75 Å². The summed E-state index contributed by atoms with van der Waals surface area (Å²) in [4.78, 5) is 0. The van der Waals surface area contributed by atoms with Crippen LogP contribution in [0.2, 0.25) is 5.02 Å². The Morgan fingerprint density at radius 1 is 1.55 bits per heavy atom. The molecule has 0 aliphatic rings. The quantitative estimate of drug-likeness (QED) is 0.684. The normalized spacial score (nSPS) is 9.82. The molecular formula is C7H5BrClFO. The molecule has 0 aliphatic heterocycles. The maximum absolute atomic E-state index is 12.8. The lowest BCUT2D eigenvalue weighted by Gasteiger charge is -2.02. The number of hydrogen-bond acceptors (Lipinski definition) is 1. The van der Waals surface area contributed by atoms with Gasteiger partial charge in [-0.2, -0.15) is 0 Å². The maximum Gasteiger partial charge on any atom is 0.166 e. The molecule has 0 aliphatic carbocycles. The second-order valence-electron chi connectivity index (χ2n) is 1.90. The Balaban J connectivity index is 3.21. The fraction of sp³-hybridized carbons (Fsp3) is 0.143. The molecule has 1 aromatic carbocycles. The van der Waals surface area contributed by atoms with Crippen molar-refractivity contribution < 1.29 is 9.13 Å². The molecule has 0 spiro atoms. The van der Waals surface area contributed by atoms with Crippen molar-refractivity contribution in [2.24, 2.45) is 0 Å². The van der Waals surface area contributed by atoms with E-state index in [4.69, 9.17) is 16.3 Å². The van der Waals surface area contributed by atoms with Crippen molar-refractivity contribution in [3.63, 3.8) is 0 Å². The van der Waals surface area contributed by atoms with Crippen LogP contribution in [0.3, 0.4) is 0 Å². The molecule has 0 saturated heterocycles. The van der Waals surface area contributed by atoms with Gasteiger partial charge in [0, 0.05) is 4.47 Å². The van der Waals surface area contributed by atoms with Crippen molar-refractivity contribution in [2.45, 2.75) is 0 Å². The van der Waals surface area contributed by atoms with Crippen LogP contribution < -0.4 is 4.74 Å². The summed E-state index contributed by atoms with van der Waals surface area (Å²) in [6.45, 7) is 0. The van der Waals surface area contributed by atoms with Crippen molar-refractivity contribution >= 4 is 27.5 Å². The Morgan fingerprint density at radius 3 is 2.73 bits per heavy atom. The number of hydrogen-bond donors (Lipinski definition) is 0. The van der Waals surface area contributed by atoms with Gasteiger partial charge in [-0.1, -0.05) is 11.6 Å². The highest BCUT2D eigenvalue weighted by Gasteiger charge is 2.05. The summed E-state index contributed by atoms with van der Waals surface area (Å²) in [5, 5.41) is 0.336. The van der Waals surface area contributed by atoms with Crippen LogP contribution in [0.15, 0.2) is 16.6 Å². The molecule has 0 amide bonds. The van der Waals surface area contributed by atoms with Crippen molar-refractivity contribution in [1.29, 1.82) is 0 Å². The van der Waals surface area contributed by atoms with E-state index >= 15 is 0 Å². The topological polar surface area (TPSA) is 9.23 Å². The third-order valence-corrected chi connectivity index (χ3v) is 2.39. The van der Waals surface area contributed by atoms with E-state index in [9.17, 15) is 4.39 Å². The molecule has 60 valence electrons. The van der Waals surface area contributed by atoms with E-state index in [-0.39, 0.29) is 5.75 Å². The molecule has 1 rings (SSSR count). The number of halogens is 3. The van der Waals surface area contributed by atoms with Gasteiger partial charge < -0.3 is 4.74 Å². The van der Waals surface area contributed by atoms with E-state index < -0.39 is 5.82 Å². The molecule has 0 atom stereocenters. The highest BCUT2D eigenvalue weighted by atomic mass is 79.9. The molecule has 0 aromatic heterocycles. The van der Waals surface area contributed by atoms with E-state index in [0.717, 1.165) is 0 Å². The third kappa shape index (κ3) is 1.84. The summed E-state index contributed by atoms with van der Waals surface area (Å²) in [6, 6.07) is 2.68. The zero-order valence-corrected chi connectivity index (χ0v) is 8.04. The fourth-order valence-electron chi connectivity index (χ4n) is 0.661. The lowest BCUT2D eigenvalue weighted by molar-refractivity contribution is 0.386. The van der Waals surface area contributed by atoms with Gasteiger partial charge in [0.2, 0.25) is 0 Å². The van der Waals surface area contributed by atoms with Crippen molar-refractivity contribution in [3.05, 3.63) is 27.4 Å². The maximum atomic E-state index is 12.8. The van der Waals surface area contributed by atoms with Crippen LogP contribution in [-0.2, 0) is 0 Å². The molecule has 0 fully saturated rings. The first kappa shape index (κ1) is 8.81. The Kier molecular flexibility index (Phi) is 2.73. The van der Waals surface area contributed by atoms with Gasteiger partial charge >= 0.3 is 0 Å². The zero-order valence-electron chi connectivity index (χ0n) is 5.70. The Hall–Kier alpha value is -0.280. The van der Waals surface area contributed by atoms with Crippen LogP contribution in [0.4, 0.5) is 4.39 Å². The summed E-state index contributed by atoms with van der Waals surface area (Å²) in [5.74, 6) is -0.276. The van der Waals surface area contributed by atoms with Crippen LogP contribution >= 0.6 is 27.5 Å². The largest absolute Gasteiger partial charge is 0.494 e. The Labute approximate surface area is 77.2 Å². The molecule has 4 heteroatoms. The smallest absolute Gasteiger partial charge is 0.166 e. The van der Waals surface area contributed by atoms with Gasteiger partial charge in [0.05, 0.1) is 12.1 Å². The van der Waals surface area contributed by atoms with E-state index in [0.29, 0.717) is 9.50 Å². The molecule has 1 aromatic rings. The molecule has 11 heavy (non-hydrogen) atoms. The average molecular weight is 239 g/mol. The van der Waals surface area contributed by atoms with E-state index in [1.807, 2.05) is 0 Å². The standard InChI is InChI=1S/C7H5BrClFO/c1-11-7-2-4(8)5(9)3-6(7)10/h2-3H,1H3. The van der Waals surface area contributed by atoms with Gasteiger partial charge in [0.25, 0.3) is 0 Å². The van der Waals surface area contributed by atoms with Crippen molar-refractivity contribution in [1.82, 2.24) is 0 Å². The van der Waals surface area contributed by atoms with Gasteiger partial charge in [0.15, 0.2) is 11.6 Å². The summed E-state index contributed by atoms with van der Waals surface area (Å²) in [7, 11) is 1.40. The van der Waals surface area contributed by atoms with Crippen LogP contribution in [-0.4, -0.2) is 7.11 Å². The van der Waals surface area contributed by atoms with Crippen LogP contribution in [0.25, 0.3) is 0 Å². The molecule has 1 nitrogen and oxygen atoms in total. The number of ether oxygens (including phenoxy) is 1. The van der Waals surface area contributed by atoms with Crippen molar-refractivity contribution in [2.75, 3.05) is 7.11 Å². The third-order valence-electron chi connectivity index (χ3n) is 1.19. The van der Waals surface area contributed by atoms with E-state index in [2.05, 4.69) is 15.9 Å². The first-order chi connectivity index (χ1) is 5.15. The lowest BCUT2D eigenvalue weighted by atomic mass is 10.3. The molecule has 0 N–H and O–H groups in total. The Bertz CT molecular complexity index is 277. The minimum absolute atomic E-state index is 0.182. The zero-order chi connectivity index (χ0) is 8.43. The van der Waals surface area contributed by atoms with E-state index in [1.165, 1.54) is 19.2 Å². The van der Waals surface area contributed by atoms with Gasteiger partial charge in [-0.05, 0) is 28.1 Å². The highest BCUT2D eigenvalue weighted by Crippen LogP contribution is 2.29. The first-order valence-corrected chi connectivity index (χ1v) is 4.00. The molecule has 0 heterocycles. The molecule has 0 bridgehead atoms. The molecule has 0 unspecified atom stereocenters. The fourth-order valence-corrected chi connectivity index (χ4v) is 1.13. The van der Waals surface area contributed by atoms with Crippen LogP contribution in [0.5, 0.6) is 5.75 Å². The average Bonchev–Trinajstić information content (AvgIpc) is 1.97. The Morgan fingerprint density at radius 2 is 2.18 bits per heavy atom. The van der Waals surface area contributed by atoms with Gasteiger partial charge in [-0.3, -0.25) is 0 Å². The predicted octanol–water partition coefficient (Wildman–Crippen LogP) is 3.25. The van der Waals surface area contributed by atoms with Gasteiger partial charge in [-0.25, -0.2) is 4.39 Å². The van der Waals surface area contributed by atoms with E-state index in [1.54, 1.807) is 0 Å². The van der Waals surface area contributed by atoms with Gasteiger partial charge in [-0.15, -0.1) is 0 Å². The highest BCUT2D eigenvalue weighted by molar-refractivity contribution is 9.10. The summed E-state index contributed by atoms with van der Waals surface area (Å²) in [6.07, 6.45) is 0. The minimum atomic E-state index is -0.458. The molecule has 0 saturated carbocycles. The number of rotatable bonds is 1. The number of methoxy groups -OCH3 is 1. The summed E-state index contributed by atoms with van der Waals surface area (Å²) >= 11 is 8.74. The summed E-state index contributed by atoms with van der Waals surface area (Å²) in [5.41, 5.74) is 0. The number of benzene rings is 1. The SMILES string of the molecule is COc1cc(Br)c(Cl)cc1F. The second kappa shape index (κ2) is 3.41. The lowest BCUT2D eigenvalue weighted by Crippen LogP contribution is -1.87. The van der Waals surface area contributed by atoms with Gasteiger partial charge in [0.1, 0.15) is 0 Å². The minimum Gasteiger partial charge on any atom is -0.494 e.